The van der Waals surface area contributed by atoms with E-state index in [2.05, 4.69) is 15.8 Å². The molecular weight excluding hydrogens is 230 g/mol. The fourth-order valence-electron chi connectivity index (χ4n) is 1.98. The van der Waals surface area contributed by atoms with Crippen LogP contribution >= 0.6 is 0 Å². The van der Waals surface area contributed by atoms with Crippen LogP contribution in [0.15, 0.2) is 35.6 Å². The van der Waals surface area contributed by atoms with E-state index in [-0.39, 0.29) is 5.84 Å². The number of nitrogens with zero attached hydrogens (tertiary/aromatic N) is 2. The summed E-state index contributed by atoms with van der Waals surface area (Å²) in [6.45, 7) is 1.62. The Morgan fingerprint density at radius 2 is 2.28 bits per heavy atom. The number of ether oxygens (including phenoxy) is 1. The molecular formula is C13H17N3O2. The topological polar surface area (TPSA) is 72.8 Å². The van der Waals surface area contributed by atoms with Crippen molar-refractivity contribution in [2.45, 2.75) is 13.0 Å². The fraction of sp³-hybridized carbons (Fsp3) is 0.308. The number of nitrogens with two attached hydrogens (primary N) is 1. The smallest absolute Gasteiger partial charge is 0.170 e. The van der Waals surface area contributed by atoms with Crippen molar-refractivity contribution >= 4 is 16.7 Å². The van der Waals surface area contributed by atoms with Crippen molar-refractivity contribution in [1.29, 1.82) is 0 Å². The standard InChI is InChI=1S/C13H17N3O2/c1-18-8-2-6-16-7-5-10-3-4-11(9-12(10)16)13(14)15-17/h3-5,7,9,17H,2,6,8H2,1H3,(H2,14,15). The number of rotatable bonds is 5. The minimum absolute atomic E-state index is 0.126. The van der Waals surface area contributed by atoms with Crippen molar-refractivity contribution in [2.24, 2.45) is 10.9 Å². The number of aromatic nitrogens is 1. The summed E-state index contributed by atoms with van der Waals surface area (Å²) in [7, 11) is 1.70. The number of benzene rings is 1. The van der Waals surface area contributed by atoms with Crippen LogP contribution in [0, 0.1) is 0 Å². The number of aryl methyl sites for hydroxylation is 1. The molecule has 1 aromatic carbocycles. The van der Waals surface area contributed by atoms with Crippen molar-refractivity contribution in [2.75, 3.05) is 13.7 Å². The molecule has 0 fully saturated rings. The van der Waals surface area contributed by atoms with Gasteiger partial charge in [-0.1, -0.05) is 17.3 Å². The number of methoxy groups -OCH3 is 1. The lowest BCUT2D eigenvalue weighted by molar-refractivity contribution is 0.190. The fourth-order valence-corrected chi connectivity index (χ4v) is 1.98. The third-order valence-electron chi connectivity index (χ3n) is 2.92. The van der Waals surface area contributed by atoms with E-state index >= 15 is 0 Å². The molecule has 1 aromatic heterocycles. The zero-order valence-corrected chi connectivity index (χ0v) is 10.3. The van der Waals surface area contributed by atoms with E-state index in [9.17, 15) is 0 Å². The molecule has 2 aromatic rings. The second-order valence-corrected chi connectivity index (χ2v) is 4.11. The molecule has 0 saturated carbocycles. The molecule has 0 aliphatic rings. The summed E-state index contributed by atoms with van der Waals surface area (Å²) in [6.07, 6.45) is 2.99. The van der Waals surface area contributed by atoms with E-state index < -0.39 is 0 Å². The van der Waals surface area contributed by atoms with Crippen LogP contribution in [-0.4, -0.2) is 29.3 Å². The summed E-state index contributed by atoms with van der Waals surface area (Å²) in [5, 5.41) is 12.9. The van der Waals surface area contributed by atoms with Gasteiger partial charge in [0.1, 0.15) is 0 Å². The maximum Gasteiger partial charge on any atom is 0.170 e. The van der Waals surface area contributed by atoms with Crippen molar-refractivity contribution in [3.05, 3.63) is 36.0 Å². The number of fused-ring (bicyclic) bond motifs is 1. The molecule has 3 N–H and O–H groups in total. The zero-order valence-electron chi connectivity index (χ0n) is 10.3. The van der Waals surface area contributed by atoms with Gasteiger partial charge in [0.05, 0.1) is 0 Å². The predicted molar refractivity (Wildman–Crippen MR) is 70.9 cm³/mol. The van der Waals surface area contributed by atoms with Crippen LogP contribution in [0.4, 0.5) is 0 Å². The average Bonchev–Trinajstić information content (AvgIpc) is 2.81. The molecule has 0 atom stereocenters. The zero-order chi connectivity index (χ0) is 13.0. The highest BCUT2D eigenvalue weighted by molar-refractivity contribution is 6.00. The van der Waals surface area contributed by atoms with E-state index in [1.807, 2.05) is 24.4 Å². The molecule has 0 unspecified atom stereocenters. The molecule has 0 radical (unpaired) electrons. The molecule has 18 heavy (non-hydrogen) atoms. The maximum absolute atomic E-state index is 8.69. The van der Waals surface area contributed by atoms with E-state index in [1.54, 1.807) is 7.11 Å². The Hall–Kier alpha value is -2.01. The summed E-state index contributed by atoms with van der Waals surface area (Å²) >= 11 is 0. The van der Waals surface area contributed by atoms with Gasteiger partial charge in [-0.15, -0.1) is 0 Å². The Kier molecular flexibility index (Phi) is 3.84. The normalized spacial score (nSPS) is 12.2. The first-order valence-electron chi connectivity index (χ1n) is 5.82. The lowest BCUT2D eigenvalue weighted by Gasteiger charge is -2.06. The molecule has 0 aliphatic heterocycles. The number of amidine groups is 1. The van der Waals surface area contributed by atoms with Gasteiger partial charge >= 0.3 is 0 Å². The minimum atomic E-state index is 0.126. The molecule has 1 heterocycles. The molecule has 0 aliphatic carbocycles. The van der Waals surface area contributed by atoms with Crippen molar-refractivity contribution < 1.29 is 9.94 Å². The molecule has 5 heteroatoms. The van der Waals surface area contributed by atoms with Crippen LogP contribution in [0.3, 0.4) is 0 Å². The first-order chi connectivity index (χ1) is 8.76. The van der Waals surface area contributed by atoms with Gasteiger partial charge in [0.25, 0.3) is 0 Å². The molecule has 0 saturated heterocycles. The summed E-state index contributed by atoms with van der Waals surface area (Å²) in [5.74, 6) is 0.126. The Morgan fingerprint density at radius 3 is 3.00 bits per heavy atom. The highest BCUT2D eigenvalue weighted by Gasteiger charge is 2.05. The number of hydrogen-bond donors (Lipinski definition) is 2. The first-order valence-corrected chi connectivity index (χ1v) is 5.82. The van der Waals surface area contributed by atoms with Crippen LogP contribution < -0.4 is 5.73 Å². The molecule has 5 nitrogen and oxygen atoms in total. The van der Waals surface area contributed by atoms with Gasteiger partial charge in [-0.05, 0) is 23.9 Å². The van der Waals surface area contributed by atoms with E-state index in [4.69, 9.17) is 15.7 Å². The predicted octanol–water partition coefficient (Wildman–Crippen LogP) is 1.77. The van der Waals surface area contributed by atoms with Gasteiger partial charge in [0, 0.05) is 37.5 Å². The highest BCUT2D eigenvalue weighted by Crippen LogP contribution is 2.18. The SMILES string of the molecule is COCCCn1ccc2ccc(/C(N)=N/O)cc21. The van der Waals surface area contributed by atoms with E-state index in [0.717, 1.165) is 36.0 Å². The number of oxime groups is 1. The van der Waals surface area contributed by atoms with Crippen molar-refractivity contribution in [3.8, 4) is 0 Å². The van der Waals surface area contributed by atoms with Crippen molar-refractivity contribution in [1.82, 2.24) is 4.57 Å². The molecule has 0 amide bonds. The molecule has 2 rings (SSSR count). The van der Waals surface area contributed by atoms with Gasteiger partial charge in [0.2, 0.25) is 0 Å². The van der Waals surface area contributed by atoms with Gasteiger partial charge in [0.15, 0.2) is 5.84 Å². The lowest BCUT2D eigenvalue weighted by atomic mass is 10.1. The average molecular weight is 247 g/mol. The van der Waals surface area contributed by atoms with Crippen LogP contribution in [0.25, 0.3) is 10.9 Å². The monoisotopic (exact) mass is 247 g/mol. The first kappa shape index (κ1) is 12.4. The van der Waals surface area contributed by atoms with Crippen LogP contribution in [0.1, 0.15) is 12.0 Å². The quantitative estimate of drug-likeness (QED) is 0.278. The van der Waals surface area contributed by atoms with Crippen molar-refractivity contribution in [3.63, 3.8) is 0 Å². The molecule has 96 valence electrons. The second-order valence-electron chi connectivity index (χ2n) is 4.11. The van der Waals surface area contributed by atoms with Crippen LogP contribution in [-0.2, 0) is 11.3 Å². The van der Waals surface area contributed by atoms with E-state index in [1.165, 1.54) is 0 Å². The minimum Gasteiger partial charge on any atom is -0.409 e. The van der Waals surface area contributed by atoms with Gasteiger partial charge < -0.3 is 20.2 Å². The third-order valence-corrected chi connectivity index (χ3v) is 2.92. The molecule has 0 bridgehead atoms. The van der Waals surface area contributed by atoms with E-state index in [0.29, 0.717) is 0 Å². The summed E-state index contributed by atoms with van der Waals surface area (Å²) < 4.78 is 7.19. The Morgan fingerprint density at radius 1 is 1.44 bits per heavy atom. The third kappa shape index (κ3) is 2.46. The van der Waals surface area contributed by atoms with Gasteiger partial charge in [-0.25, -0.2) is 0 Å². The van der Waals surface area contributed by atoms with Gasteiger partial charge in [-0.2, -0.15) is 0 Å². The highest BCUT2D eigenvalue weighted by atomic mass is 16.5. The summed E-state index contributed by atoms with van der Waals surface area (Å²) in [5.41, 5.74) is 7.39. The van der Waals surface area contributed by atoms with Crippen LogP contribution in [0.2, 0.25) is 0 Å². The Balaban J connectivity index is 2.31. The Labute approximate surface area is 105 Å². The lowest BCUT2D eigenvalue weighted by Crippen LogP contribution is -2.13. The number of hydrogen-bond acceptors (Lipinski definition) is 3. The largest absolute Gasteiger partial charge is 0.409 e. The second kappa shape index (κ2) is 5.55. The molecule has 0 spiro atoms. The maximum atomic E-state index is 8.69. The van der Waals surface area contributed by atoms with Crippen LogP contribution in [0.5, 0.6) is 0 Å². The van der Waals surface area contributed by atoms with Gasteiger partial charge in [-0.3, -0.25) is 0 Å². The summed E-state index contributed by atoms with van der Waals surface area (Å²) in [6, 6.07) is 7.79. The summed E-state index contributed by atoms with van der Waals surface area (Å²) in [4.78, 5) is 0. The Bertz CT molecular complexity index is 560.